The van der Waals surface area contributed by atoms with Crippen LogP contribution < -0.4 is 9.47 Å². The van der Waals surface area contributed by atoms with E-state index in [1.54, 1.807) is 6.07 Å². The first kappa shape index (κ1) is 26.7. The summed E-state index contributed by atoms with van der Waals surface area (Å²) in [6.45, 7) is 0.360. The number of methoxy groups -OCH3 is 1. The van der Waals surface area contributed by atoms with Crippen LogP contribution in [0.2, 0.25) is 0 Å². The monoisotopic (exact) mass is 533 g/mol. The molecule has 2 atom stereocenters. The zero-order valence-electron chi connectivity index (χ0n) is 21.8. The predicted molar refractivity (Wildman–Crippen MR) is 142 cm³/mol. The molecule has 8 heteroatoms. The van der Waals surface area contributed by atoms with Gasteiger partial charge in [0, 0.05) is 18.5 Å². The summed E-state index contributed by atoms with van der Waals surface area (Å²) in [5, 5.41) is 10.2. The minimum absolute atomic E-state index is 0.0529. The number of ether oxygens (including phenoxy) is 3. The van der Waals surface area contributed by atoms with Crippen LogP contribution >= 0.6 is 0 Å². The first-order valence-electron chi connectivity index (χ1n) is 13.2. The molecule has 1 aliphatic carbocycles. The van der Waals surface area contributed by atoms with Gasteiger partial charge >= 0.3 is 5.97 Å². The van der Waals surface area contributed by atoms with Gasteiger partial charge in [-0.05, 0) is 47.7 Å². The standard InChI is InChI=1S/C31H32FNO6/c1-37-27-16-13-22-18-33(26(31(35)36)17-25(22)29(27)38-19-20-7-3-2-4-8-20)30(34)28(39-24-9-5-6-10-24)21-11-14-23(32)15-12-21/h2-4,7-8,11-16,24,26,28H,5-6,9-10,17-19H2,1H3,(H,35,36)/t26-,28+/m1/s1. The number of rotatable bonds is 9. The van der Waals surface area contributed by atoms with Crippen molar-refractivity contribution in [2.24, 2.45) is 0 Å². The van der Waals surface area contributed by atoms with Gasteiger partial charge in [0.05, 0.1) is 13.2 Å². The number of nitrogens with zero attached hydrogens (tertiary/aromatic N) is 1. The normalized spacial score (nSPS) is 17.9. The Kier molecular flexibility index (Phi) is 8.12. The molecule has 3 aromatic carbocycles. The molecule has 0 radical (unpaired) electrons. The lowest BCUT2D eigenvalue weighted by Gasteiger charge is -2.37. The molecule has 0 spiro atoms. The van der Waals surface area contributed by atoms with Crippen molar-refractivity contribution >= 4 is 11.9 Å². The lowest BCUT2D eigenvalue weighted by molar-refractivity contribution is -0.160. The first-order valence-corrected chi connectivity index (χ1v) is 13.2. The number of carboxylic acids is 1. The molecule has 1 aliphatic heterocycles. The second kappa shape index (κ2) is 11.9. The van der Waals surface area contributed by atoms with Crippen molar-refractivity contribution in [1.82, 2.24) is 4.90 Å². The maximum absolute atomic E-state index is 14.0. The summed E-state index contributed by atoms with van der Waals surface area (Å²) in [5.41, 5.74) is 2.95. The number of hydrogen-bond acceptors (Lipinski definition) is 5. The van der Waals surface area contributed by atoms with Crippen LogP contribution in [0.3, 0.4) is 0 Å². The minimum Gasteiger partial charge on any atom is -0.493 e. The number of carbonyl (C=O) groups is 2. The molecule has 204 valence electrons. The van der Waals surface area contributed by atoms with E-state index in [0.29, 0.717) is 22.6 Å². The van der Waals surface area contributed by atoms with Crippen LogP contribution in [-0.2, 0) is 33.9 Å². The van der Waals surface area contributed by atoms with Crippen molar-refractivity contribution in [1.29, 1.82) is 0 Å². The average molecular weight is 534 g/mol. The topological polar surface area (TPSA) is 85.3 Å². The summed E-state index contributed by atoms with van der Waals surface area (Å²) in [6.07, 6.45) is 2.61. The van der Waals surface area contributed by atoms with E-state index in [-0.39, 0.29) is 25.7 Å². The molecule has 0 saturated heterocycles. The summed E-state index contributed by atoms with van der Waals surface area (Å²) >= 11 is 0. The van der Waals surface area contributed by atoms with Gasteiger partial charge in [-0.15, -0.1) is 0 Å². The van der Waals surface area contributed by atoms with Crippen LogP contribution in [0.1, 0.15) is 54.0 Å². The van der Waals surface area contributed by atoms with Crippen LogP contribution in [0.5, 0.6) is 11.5 Å². The molecule has 1 heterocycles. The van der Waals surface area contributed by atoms with Crippen molar-refractivity contribution in [3.05, 3.63) is 94.8 Å². The third kappa shape index (κ3) is 5.91. The van der Waals surface area contributed by atoms with E-state index in [2.05, 4.69) is 0 Å². The predicted octanol–water partition coefficient (Wildman–Crippen LogP) is 5.45. The van der Waals surface area contributed by atoms with Gasteiger partial charge in [-0.2, -0.15) is 0 Å². The molecule has 3 aromatic rings. The third-order valence-corrected chi connectivity index (χ3v) is 7.48. The van der Waals surface area contributed by atoms with Crippen LogP contribution in [0.25, 0.3) is 0 Å². The summed E-state index contributed by atoms with van der Waals surface area (Å²) in [5.74, 6) is -1.01. The first-order chi connectivity index (χ1) is 18.9. The van der Waals surface area contributed by atoms with Crippen molar-refractivity contribution in [3.8, 4) is 11.5 Å². The maximum atomic E-state index is 14.0. The Bertz CT molecular complexity index is 1310. The smallest absolute Gasteiger partial charge is 0.326 e. The maximum Gasteiger partial charge on any atom is 0.326 e. The van der Waals surface area contributed by atoms with Gasteiger partial charge in [0.2, 0.25) is 0 Å². The van der Waals surface area contributed by atoms with Gasteiger partial charge in [0.15, 0.2) is 17.6 Å². The van der Waals surface area contributed by atoms with Gasteiger partial charge in [-0.25, -0.2) is 9.18 Å². The van der Waals surface area contributed by atoms with Crippen LogP contribution in [0.15, 0.2) is 66.7 Å². The quantitative estimate of drug-likeness (QED) is 0.394. The number of hydrogen-bond donors (Lipinski definition) is 1. The number of carbonyl (C=O) groups excluding carboxylic acids is 1. The number of halogens is 1. The highest BCUT2D eigenvalue weighted by Gasteiger charge is 2.41. The molecule has 1 amide bonds. The molecule has 0 bridgehead atoms. The van der Waals surface area contributed by atoms with E-state index < -0.39 is 29.8 Å². The van der Waals surface area contributed by atoms with E-state index in [1.807, 2.05) is 36.4 Å². The fourth-order valence-corrected chi connectivity index (χ4v) is 5.40. The second-order valence-corrected chi connectivity index (χ2v) is 10.0. The molecule has 1 fully saturated rings. The lowest BCUT2D eigenvalue weighted by atomic mass is 9.91. The Morgan fingerprint density at radius 2 is 1.74 bits per heavy atom. The number of aliphatic carboxylic acids is 1. The van der Waals surface area contributed by atoms with E-state index in [4.69, 9.17) is 14.2 Å². The van der Waals surface area contributed by atoms with Gasteiger partial charge in [-0.1, -0.05) is 61.4 Å². The fraction of sp³-hybridized carbons (Fsp3) is 0.355. The van der Waals surface area contributed by atoms with Crippen LogP contribution in [-0.4, -0.2) is 41.1 Å². The highest BCUT2D eigenvalue weighted by atomic mass is 19.1. The van der Waals surface area contributed by atoms with Crippen molar-refractivity contribution in [2.45, 2.75) is 63.5 Å². The third-order valence-electron chi connectivity index (χ3n) is 7.48. The highest BCUT2D eigenvalue weighted by Crippen LogP contribution is 2.40. The van der Waals surface area contributed by atoms with Gasteiger partial charge in [0.1, 0.15) is 18.5 Å². The number of fused-ring (bicyclic) bond motifs is 1. The number of benzene rings is 3. The molecular weight excluding hydrogens is 501 g/mol. The highest BCUT2D eigenvalue weighted by molar-refractivity contribution is 5.88. The Morgan fingerprint density at radius 1 is 1.03 bits per heavy atom. The van der Waals surface area contributed by atoms with Crippen molar-refractivity contribution in [2.75, 3.05) is 7.11 Å². The Morgan fingerprint density at radius 3 is 2.41 bits per heavy atom. The van der Waals surface area contributed by atoms with E-state index in [0.717, 1.165) is 36.8 Å². The molecule has 39 heavy (non-hydrogen) atoms. The Labute approximate surface area is 227 Å². The van der Waals surface area contributed by atoms with Crippen LogP contribution in [0.4, 0.5) is 4.39 Å². The van der Waals surface area contributed by atoms with Crippen LogP contribution in [0, 0.1) is 5.82 Å². The summed E-state index contributed by atoms with van der Waals surface area (Å²) in [7, 11) is 1.54. The van der Waals surface area contributed by atoms with Crippen molar-refractivity contribution in [3.63, 3.8) is 0 Å². The zero-order chi connectivity index (χ0) is 27.4. The Hall–Kier alpha value is -3.91. The van der Waals surface area contributed by atoms with E-state index in [9.17, 15) is 19.1 Å². The van der Waals surface area contributed by atoms with Gasteiger partial charge in [-0.3, -0.25) is 4.79 Å². The fourth-order valence-electron chi connectivity index (χ4n) is 5.40. The van der Waals surface area contributed by atoms with E-state index >= 15 is 0 Å². The SMILES string of the molecule is COc1ccc2c(c1OCc1ccccc1)C[C@H](C(=O)O)N(C(=O)[C@@H](OC1CCCC1)c1ccc(F)cc1)C2. The van der Waals surface area contributed by atoms with Gasteiger partial charge in [0.25, 0.3) is 5.91 Å². The second-order valence-electron chi connectivity index (χ2n) is 10.0. The number of carboxylic acid groups (broad SMARTS) is 1. The number of amides is 1. The largest absolute Gasteiger partial charge is 0.493 e. The molecule has 0 unspecified atom stereocenters. The Balaban J connectivity index is 1.46. The molecule has 1 saturated carbocycles. The molecule has 2 aliphatic rings. The van der Waals surface area contributed by atoms with E-state index in [1.165, 1.54) is 36.3 Å². The average Bonchev–Trinajstić information content (AvgIpc) is 3.48. The summed E-state index contributed by atoms with van der Waals surface area (Å²) in [4.78, 5) is 27.9. The van der Waals surface area contributed by atoms with Gasteiger partial charge < -0.3 is 24.2 Å². The molecule has 0 aromatic heterocycles. The summed E-state index contributed by atoms with van der Waals surface area (Å²) < 4.78 is 31.7. The molecule has 7 nitrogen and oxygen atoms in total. The zero-order valence-corrected chi connectivity index (χ0v) is 21.8. The molecular formula is C31H32FNO6. The molecule has 1 N–H and O–H groups in total. The minimum atomic E-state index is -1.13. The molecule has 5 rings (SSSR count). The lowest BCUT2D eigenvalue weighted by Crippen LogP contribution is -2.50. The summed E-state index contributed by atoms with van der Waals surface area (Å²) in [6, 6.07) is 17.8. The van der Waals surface area contributed by atoms with Crippen molar-refractivity contribution < 1.29 is 33.3 Å².